The first-order valence-corrected chi connectivity index (χ1v) is 11.8. The van der Waals surface area contributed by atoms with Gasteiger partial charge in [-0.2, -0.15) is 0 Å². The number of aromatic nitrogens is 2. The highest BCUT2D eigenvalue weighted by Crippen LogP contribution is 2.25. The van der Waals surface area contributed by atoms with Crippen molar-refractivity contribution < 1.29 is 14.0 Å². The molecule has 34 heavy (non-hydrogen) atoms. The van der Waals surface area contributed by atoms with Gasteiger partial charge >= 0.3 is 0 Å². The Morgan fingerprint density at radius 1 is 1.03 bits per heavy atom. The summed E-state index contributed by atoms with van der Waals surface area (Å²) in [7, 11) is 1.66. The molecule has 8 nitrogen and oxygen atoms in total. The average molecular weight is 476 g/mol. The summed E-state index contributed by atoms with van der Waals surface area (Å²) in [6.07, 6.45) is 1.56. The number of hydrogen-bond acceptors (Lipinski definition) is 7. The first-order valence-electron chi connectivity index (χ1n) is 10.9. The quantitative estimate of drug-likeness (QED) is 0.274. The van der Waals surface area contributed by atoms with E-state index in [9.17, 15) is 9.59 Å². The number of thioether (sulfide) groups is 1. The minimum atomic E-state index is -0.285. The van der Waals surface area contributed by atoms with Gasteiger partial charge in [0.15, 0.2) is 5.16 Å². The van der Waals surface area contributed by atoms with Gasteiger partial charge in [0.05, 0.1) is 35.3 Å². The van der Waals surface area contributed by atoms with Crippen molar-refractivity contribution in [3.63, 3.8) is 0 Å². The standard InChI is InChI=1S/C25H25N5O3S/c1-3-26-23-18-10-4-6-12-20(18)28-25(29-23)34-16-22(31)30(2)21-13-7-5-11-19(21)24(32)27-15-17-9-8-14-33-17/h4-14H,3,15-16H2,1-2H3,(H,27,32)(H,26,28,29). The number of benzene rings is 2. The lowest BCUT2D eigenvalue weighted by atomic mass is 10.1. The molecule has 4 rings (SSSR count). The summed E-state index contributed by atoms with van der Waals surface area (Å²) in [6, 6.07) is 18.3. The van der Waals surface area contributed by atoms with Crippen LogP contribution in [0.3, 0.4) is 0 Å². The Hall–Kier alpha value is -3.85. The normalized spacial score (nSPS) is 10.8. The number of carbonyl (C=O) groups is 2. The van der Waals surface area contributed by atoms with Crippen LogP contribution in [0.2, 0.25) is 0 Å². The summed E-state index contributed by atoms with van der Waals surface area (Å²) in [5, 5.41) is 7.54. The Morgan fingerprint density at radius 3 is 2.62 bits per heavy atom. The molecule has 0 saturated carbocycles. The third-order valence-electron chi connectivity index (χ3n) is 5.14. The van der Waals surface area contributed by atoms with E-state index in [1.54, 1.807) is 49.7 Å². The van der Waals surface area contributed by atoms with Gasteiger partial charge in [-0.15, -0.1) is 0 Å². The molecule has 2 aromatic heterocycles. The molecule has 2 aromatic carbocycles. The van der Waals surface area contributed by atoms with E-state index in [1.165, 1.54) is 16.7 Å². The molecule has 2 N–H and O–H groups in total. The van der Waals surface area contributed by atoms with Crippen LogP contribution in [0.4, 0.5) is 11.5 Å². The van der Waals surface area contributed by atoms with Crippen molar-refractivity contribution in [1.29, 1.82) is 0 Å². The molecule has 0 saturated heterocycles. The fourth-order valence-corrected chi connectivity index (χ4v) is 4.18. The Balaban J connectivity index is 1.46. The van der Waals surface area contributed by atoms with Crippen molar-refractivity contribution in [2.24, 2.45) is 0 Å². The molecule has 0 aliphatic heterocycles. The van der Waals surface area contributed by atoms with Gasteiger partial charge in [0.25, 0.3) is 5.91 Å². The van der Waals surface area contributed by atoms with Crippen LogP contribution < -0.4 is 15.5 Å². The third kappa shape index (κ3) is 5.37. The Morgan fingerprint density at radius 2 is 1.82 bits per heavy atom. The number of anilines is 2. The lowest BCUT2D eigenvalue weighted by molar-refractivity contribution is -0.115. The number of nitrogens with zero attached hydrogens (tertiary/aromatic N) is 3. The van der Waals surface area contributed by atoms with Gasteiger partial charge in [-0.3, -0.25) is 9.59 Å². The van der Waals surface area contributed by atoms with Gasteiger partial charge in [-0.25, -0.2) is 9.97 Å². The van der Waals surface area contributed by atoms with Crippen LogP contribution >= 0.6 is 11.8 Å². The van der Waals surface area contributed by atoms with E-state index in [-0.39, 0.29) is 24.1 Å². The number of rotatable bonds is 9. The monoisotopic (exact) mass is 475 g/mol. The highest BCUT2D eigenvalue weighted by Gasteiger charge is 2.19. The summed E-state index contributed by atoms with van der Waals surface area (Å²) in [5.41, 5.74) is 1.75. The number of carbonyl (C=O) groups excluding carboxylic acids is 2. The molecule has 2 amide bonds. The summed E-state index contributed by atoms with van der Waals surface area (Å²) in [4.78, 5) is 36.4. The second-order valence-corrected chi connectivity index (χ2v) is 8.37. The van der Waals surface area contributed by atoms with E-state index in [2.05, 4.69) is 20.6 Å². The van der Waals surface area contributed by atoms with Gasteiger partial charge in [0.1, 0.15) is 11.6 Å². The van der Waals surface area contributed by atoms with Gasteiger partial charge in [-0.05, 0) is 43.3 Å². The smallest absolute Gasteiger partial charge is 0.253 e. The zero-order chi connectivity index (χ0) is 23.9. The minimum absolute atomic E-state index is 0.128. The van der Waals surface area contributed by atoms with Crippen LogP contribution in [0.1, 0.15) is 23.0 Å². The first kappa shape index (κ1) is 23.3. The molecule has 0 aliphatic carbocycles. The SMILES string of the molecule is CCNc1nc(SCC(=O)N(C)c2ccccc2C(=O)NCc2ccco2)nc2ccccc12. The minimum Gasteiger partial charge on any atom is -0.467 e. The molecule has 9 heteroatoms. The number of amides is 2. The molecule has 0 bridgehead atoms. The van der Waals surface area contributed by atoms with E-state index in [0.717, 1.165) is 23.3 Å². The third-order valence-corrected chi connectivity index (χ3v) is 5.97. The molecule has 0 aliphatic rings. The van der Waals surface area contributed by atoms with Crippen molar-refractivity contribution in [1.82, 2.24) is 15.3 Å². The van der Waals surface area contributed by atoms with E-state index in [4.69, 9.17) is 4.42 Å². The maximum absolute atomic E-state index is 13.0. The van der Waals surface area contributed by atoms with E-state index in [1.807, 2.05) is 31.2 Å². The largest absolute Gasteiger partial charge is 0.467 e. The van der Waals surface area contributed by atoms with E-state index in [0.29, 0.717) is 22.2 Å². The Labute approximate surface area is 201 Å². The fraction of sp³-hybridized carbons (Fsp3) is 0.200. The van der Waals surface area contributed by atoms with Crippen LogP contribution in [-0.2, 0) is 11.3 Å². The van der Waals surface area contributed by atoms with Gasteiger partial charge in [0, 0.05) is 19.0 Å². The lowest BCUT2D eigenvalue weighted by Crippen LogP contribution is -2.31. The molecule has 2 heterocycles. The van der Waals surface area contributed by atoms with Crippen molar-refractivity contribution in [2.45, 2.75) is 18.6 Å². The van der Waals surface area contributed by atoms with Crippen molar-refractivity contribution in [2.75, 3.05) is 29.6 Å². The van der Waals surface area contributed by atoms with Crippen LogP contribution in [-0.4, -0.2) is 41.1 Å². The molecule has 0 radical (unpaired) electrons. The molecule has 4 aromatic rings. The molecule has 174 valence electrons. The van der Waals surface area contributed by atoms with Crippen molar-refractivity contribution >= 4 is 46.0 Å². The lowest BCUT2D eigenvalue weighted by Gasteiger charge is -2.20. The average Bonchev–Trinajstić information content (AvgIpc) is 3.39. The predicted molar refractivity (Wildman–Crippen MR) is 134 cm³/mol. The van der Waals surface area contributed by atoms with Crippen LogP contribution in [0.5, 0.6) is 0 Å². The Bertz CT molecular complexity index is 1290. The number of hydrogen-bond donors (Lipinski definition) is 2. The van der Waals surface area contributed by atoms with E-state index < -0.39 is 0 Å². The maximum Gasteiger partial charge on any atom is 0.253 e. The highest BCUT2D eigenvalue weighted by atomic mass is 32.2. The summed E-state index contributed by atoms with van der Waals surface area (Å²) < 4.78 is 5.26. The highest BCUT2D eigenvalue weighted by molar-refractivity contribution is 7.99. The molecular weight excluding hydrogens is 450 g/mol. The Kier molecular flexibility index (Phi) is 7.44. The van der Waals surface area contributed by atoms with Gasteiger partial charge in [0.2, 0.25) is 5.91 Å². The summed E-state index contributed by atoms with van der Waals surface area (Å²) >= 11 is 1.26. The number of furan rings is 1. The molecule has 0 fully saturated rings. The molecule has 0 atom stereocenters. The second-order valence-electron chi connectivity index (χ2n) is 7.42. The number of para-hydroxylation sites is 2. The van der Waals surface area contributed by atoms with Crippen molar-refractivity contribution in [3.05, 3.63) is 78.3 Å². The van der Waals surface area contributed by atoms with E-state index >= 15 is 0 Å². The predicted octanol–water partition coefficient (Wildman–Crippen LogP) is 4.34. The summed E-state index contributed by atoms with van der Waals surface area (Å²) in [6.45, 7) is 3.00. The van der Waals surface area contributed by atoms with Crippen LogP contribution in [0, 0.1) is 0 Å². The number of fused-ring (bicyclic) bond motifs is 1. The van der Waals surface area contributed by atoms with Gasteiger partial charge in [-0.1, -0.05) is 36.0 Å². The molecule has 0 spiro atoms. The first-order chi connectivity index (χ1) is 16.6. The fourth-order valence-electron chi connectivity index (χ4n) is 3.41. The molecular formula is C25H25N5O3S. The zero-order valence-electron chi connectivity index (χ0n) is 18.9. The number of nitrogens with one attached hydrogen (secondary N) is 2. The maximum atomic E-state index is 13.0. The van der Waals surface area contributed by atoms with Crippen LogP contribution in [0.15, 0.2) is 76.5 Å². The van der Waals surface area contributed by atoms with Gasteiger partial charge < -0.3 is 20.0 Å². The molecule has 0 unspecified atom stereocenters. The summed E-state index contributed by atoms with van der Waals surface area (Å²) in [5.74, 6) is 1.07. The second kappa shape index (κ2) is 10.8. The van der Waals surface area contributed by atoms with Crippen molar-refractivity contribution in [3.8, 4) is 0 Å². The zero-order valence-corrected chi connectivity index (χ0v) is 19.8. The van der Waals surface area contributed by atoms with Crippen LogP contribution in [0.25, 0.3) is 10.9 Å². The topological polar surface area (TPSA) is 100 Å².